The van der Waals surface area contributed by atoms with Crippen molar-refractivity contribution in [1.82, 2.24) is 4.90 Å². The maximum absolute atomic E-state index is 4.56. The summed E-state index contributed by atoms with van der Waals surface area (Å²) < 4.78 is 0. The van der Waals surface area contributed by atoms with Gasteiger partial charge in [-0.2, -0.15) is 0 Å². The van der Waals surface area contributed by atoms with Crippen molar-refractivity contribution in [1.29, 1.82) is 0 Å². The molecular formula is C23H31N. The van der Waals surface area contributed by atoms with Crippen molar-refractivity contribution >= 4 is 0 Å². The smallest absolute Gasteiger partial charge is 0.0531 e. The van der Waals surface area contributed by atoms with Crippen LogP contribution in [0.15, 0.2) is 48.7 Å². The van der Waals surface area contributed by atoms with Gasteiger partial charge in [-0.3, -0.25) is 0 Å². The predicted molar refractivity (Wildman–Crippen MR) is 102 cm³/mol. The van der Waals surface area contributed by atoms with Gasteiger partial charge in [-0.25, -0.2) is 0 Å². The number of rotatable bonds is 4. The highest BCUT2D eigenvalue weighted by molar-refractivity contribution is 5.34. The van der Waals surface area contributed by atoms with Crippen molar-refractivity contribution in [2.75, 3.05) is 6.54 Å². The summed E-state index contributed by atoms with van der Waals surface area (Å²) in [5.41, 5.74) is 6.25. The summed E-state index contributed by atoms with van der Waals surface area (Å²) in [7, 11) is 0. The number of likely N-dealkylation sites (tertiary alicyclic amines) is 1. The van der Waals surface area contributed by atoms with Gasteiger partial charge in [0.15, 0.2) is 0 Å². The van der Waals surface area contributed by atoms with Gasteiger partial charge in [0.1, 0.15) is 0 Å². The average molecular weight is 322 g/mol. The Bertz CT molecular complexity index is 673. The Kier molecular flexibility index (Phi) is 3.50. The zero-order chi connectivity index (χ0) is 17.2. The van der Waals surface area contributed by atoms with E-state index in [4.69, 9.17) is 0 Å². The van der Waals surface area contributed by atoms with Gasteiger partial charge in [0.25, 0.3) is 0 Å². The molecule has 0 N–H and O–H groups in total. The van der Waals surface area contributed by atoms with Gasteiger partial charge >= 0.3 is 0 Å². The van der Waals surface area contributed by atoms with Crippen molar-refractivity contribution in [3.63, 3.8) is 0 Å². The minimum Gasteiger partial charge on any atom is -0.368 e. The molecule has 0 bridgehead atoms. The SMILES string of the molecule is C=C(C)C1C2C(CN1C(=C)C(C)C1Cc3ccccc3C1)C2(C)C. The maximum Gasteiger partial charge on any atom is 0.0531 e. The number of nitrogens with zero attached hydrogens (tertiary/aromatic N) is 1. The van der Waals surface area contributed by atoms with Crippen LogP contribution in [0.5, 0.6) is 0 Å². The van der Waals surface area contributed by atoms with Gasteiger partial charge in [0.2, 0.25) is 0 Å². The molecule has 0 aromatic heterocycles. The molecule has 0 spiro atoms. The van der Waals surface area contributed by atoms with E-state index in [1.807, 2.05) is 0 Å². The van der Waals surface area contributed by atoms with E-state index in [0.29, 0.717) is 23.3 Å². The van der Waals surface area contributed by atoms with Gasteiger partial charge in [-0.1, -0.05) is 63.8 Å². The number of piperidine rings is 1. The Morgan fingerprint density at radius 1 is 1.17 bits per heavy atom. The lowest BCUT2D eigenvalue weighted by Crippen LogP contribution is -2.39. The molecule has 1 aromatic rings. The van der Waals surface area contributed by atoms with E-state index in [1.165, 1.54) is 30.7 Å². The number of allylic oxidation sites excluding steroid dienone is 1. The van der Waals surface area contributed by atoms with E-state index in [1.54, 1.807) is 11.1 Å². The lowest BCUT2D eigenvalue weighted by Gasteiger charge is -2.38. The van der Waals surface area contributed by atoms with Gasteiger partial charge < -0.3 is 4.90 Å². The topological polar surface area (TPSA) is 3.24 Å². The highest BCUT2D eigenvalue weighted by atomic mass is 15.2. The molecule has 24 heavy (non-hydrogen) atoms. The summed E-state index contributed by atoms with van der Waals surface area (Å²) in [5.74, 6) is 2.84. The molecule has 4 atom stereocenters. The zero-order valence-corrected chi connectivity index (χ0v) is 15.7. The molecule has 3 aliphatic rings. The van der Waals surface area contributed by atoms with E-state index in [2.05, 4.69) is 70.0 Å². The molecule has 1 heteroatoms. The summed E-state index contributed by atoms with van der Waals surface area (Å²) in [4.78, 5) is 2.61. The first-order chi connectivity index (χ1) is 11.3. The fourth-order valence-corrected chi connectivity index (χ4v) is 5.63. The largest absolute Gasteiger partial charge is 0.368 e. The van der Waals surface area contributed by atoms with Crippen LogP contribution in [0, 0.1) is 29.1 Å². The highest BCUT2D eigenvalue weighted by Gasteiger charge is 2.67. The molecule has 1 nitrogen and oxygen atoms in total. The maximum atomic E-state index is 4.56. The van der Waals surface area contributed by atoms with Crippen molar-refractivity contribution in [2.45, 2.75) is 46.6 Å². The molecular weight excluding hydrogens is 290 g/mol. The molecule has 1 saturated heterocycles. The second kappa shape index (κ2) is 5.25. The molecule has 1 aliphatic heterocycles. The summed E-state index contributed by atoms with van der Waals surface area (Å²) >= 11 is 0. The Balaban J connectivity index is 1.50. The standard InChI is InChI=1S/C23H31N/c1-14(2)22-21-20(23(21,5)6)13-24(22)16(4)15(3)19-11-17-9-7-8-10-18(17)12-19/h7-10,15,19-22H,1,4,11-13H2,2-3,5-6H3. The van der Waals surface area contributed by atoms with E-state index in [0.717, 1.165) is 11.8 Å². The van der Waals surface area contributed by atoms with Crippen molar-refractivity contribution in [2.24, 2.45) is 29.1 Å². The van der Waals surface area contributed by atoms with E-state index in [-0.39, 0.29) is 0 Å². The molecule has 2 aliphatic carbocycles. The molecule has 2 fully saturated rings. The molecule has 4 rings (SSSR count). The van der Waals surface area contributed by atoms with Crippen LogP contribution in [0.3, 0.4) is 0 Å². The second-order valence-corrected chi connectivity index (χ2v) is 9.11. The van der Waals surface area contributed by atoms with Gasteiger partial charge in [-0.05, 0) is 60.0 Å². The third-order valence-corrected chi connectivity index (χ3v) is 7.40. The van der Waals surface area contributed by atoms with Crippen molar-refractivity contribution in [3.05, 3.63) is 59.8 Å². The molecule has 4 unspecified atom stereocenters. The fraction of sp³-hybridized carbons (Fsp3) is 0.565. The van der Waals surface area contributed by atoms with Crippen LogP contribution in [0.1, 0.15) is 38.8 Å². The first-order valence-corrected chi connectivity index (χ1v) is 9.50. The number of hydrogen-bond acceptors (Lipinski definition) is 1. The molecule has 0 amide bonds. The minimum absolute atomic E-state index is 0.493. The number of benzene rings is 1. The third kappa shape index (κ3) is 2.20. The van der Waals surface area contributed by atoms with Gasteiger partial charge in [0.05, 0.1) is 6.04 Å². The fourth-order valence-electron chi connectivity index (χ4n) is 5.63. The van der Waals surface area contributed by atoms with Crippen LogP contribution in [0.4, 0.5) is 0 Å². The van der Waals surface area contributed by atoms with Crippen LogP contribution in [-0.4, -0.2) is 17.5 Å². The summed E-state index contributed by atoms with van der Waals surface area (Å²) in [5, 5.41) is 0. The first kappa shape index (κ1) is 16.0. The van der Waals surface area contributed by atoms with Crippen LogP contribution >= 0.6 is 0 Å². The first-order valence-electron chi connectivity index (χ1n) is 9.50. The van der Waals surface area contributed by atoms with Crippen molar-refractivity contribution < 1.29 is 0 Å². The third-order valence-electron chi connectivity index (χ3n) is 7.40. The Hall–Kier alpha value is -1.50. The Labute approximate surface area is 147 Å². The van der Waals surface area contributed by atoms with Gasteiger partial charge in [0, 0.05) is 12.2 Å². The monoisotopic (exact) mass is 321 g/mol. The molecule has 1 aromatic carbocycles. The quantitative estimate of drug-likeness (QED) is 0.699. The summed E-state index contributed by atoms with van der Waals surface area (Å²) in [6.07, 6.45) is 2.42. The van der Waals surface area contributed by atoms with Crippen molar-refractivity contribution in [3.8, 4) is 0 Å². The Morgan fingerprint density at radius 2 is 1.75 bits per heavy atom. The molecule has 1 heterocycles. The van der Waals surface area contributed by atoms with E-state index in [9.17, 15) is 0 Å². The molecule has 1 saturated carbocycles. The van der Waals surface area contributed by atoms with E-state index >= 15 is 0 Å². The summed E-state index contributed by atoms with van der Waals surface area (Å²) in [6, 6.07) is 9.45. The minimum atomic E-state index is 0.493. The molecule has 0 radical (unpaired) electrons. The summed E-state index contributed by atoms with van der Waals surface area (Å²) in [6.45, 7) is 19.5. The Morgan fingerprint density at radius 3 is 2.29 bits per heavy atom. The van der Waals surface area contributed by atoms with E-state index < -0.39 is 0 Å². The average Bonchev–Trinajstić information content (AvgIpc) is 2.97. The number of hydrogen-bond donors (Lipinski definition) is 0. The normalized spacial score (nSPS) is 31.5. The number of fused-ring (bicyclic) bond motifs is 2. The van der Waals surface area contributed by atoms with Crippen LogP contribution in [-0.2, 0) is 12.8 Å². The predicted octanol–water partition coefficient (Wildman–Crippen LogP) is 5.08. The lowest BCUT2D eigenvalue weighted by atomic mass is 9.87. The lowest BCUT2D eigenvalue weighted by molar-refractivity contribution is 0.216. The highest BCUT2D eigenvalue weighted by Crippen LogP contribution is 2.66. The molecule has 128 valence electrons. The second-order valence-electron chi connectivity index (χ2n) is 9.11. The van der Waals surface area contributed by atoms with Crippen LogP contribution in [0.2, 0.25) is 0 Å². The zero-order valence-electron chi connectivity index (χ0n) is 15.7. The van der Waals surface area contributed by atoms with Crippen LogP contribution in [0.25, 0.3) is 0 Å². The van der Waals surface area contributed by atoms with Crippen LogP contribution < -0.4 is 0 Å². The van der Waals surface area contributed by atoms with Gasteiger partial charge in [-0.15, -0.1) is 0 Å².